The van der Waals surface area contributed by atoms with Crippen molar-refractivity contribution in [3.05, 3.63) is 23.8 Å². The van der Waals surface area contributed by atoms with Crippen molar-refractivity contribution in [2.75, 3.05) is 7.11 Å². The van der Waals surface area contributed by atoms with E-state index in [0.717, 1.165) is 38.5 Å². The standard InChI is InChI=1S/C21H30O5/c1-13-6-9-16-20(2,10-5-11-21(16,3)19(24)25-4)15(13)8-7-14-12-17(22)26-18(14)23/h12,15-17,22H,1,5-11H2,2-4H3/t15-,16+,17+,20+,21-/m0/s1. The summed E-state index contributed by atoms with van der Waals surface area (Å²) in [7, 11) is 1.47. The number of cyclic esters (lactones) is 1. The lowest BCUT2D eigenvalue weighted by molar-refractivity contribution is -0.168. The number of esters is 2. The fourth-order valence-electron chi connectivity index (χ4n) is 5.90. The molecule has 0 radical (unpaired) electrons. The van der Waals surface area contributed by atoms with Crippen LogP contribution in [0.5, 0.6) is 0 Å². The Kier molecular flexibility index (Phi) is 5.04. The Morgan fingerprint density at radius 1 is 1.42 bits per heavy atom. The van der Waals surface area contributed by atoms with E-state index in [0.29, 0.717) is 12.0 Å². The number of fused-ring (bicyclic) bond motifs is 1. The second kappa shape index (κ2) is 6.84. The molecule has 5 atom stereocenters. The topological polar surface area (TPSA) is 72.8 Å². The van der Waals surface area contributed by atoms with Crippen LogP contribution in [-0.4, -0.2) is 30.4 Å². The average Bonchev–Trinajstić information content (AvgIpc) is 2.90. The fraction of sp³-hybridized carbons (Fsp3) is 0.714. The Bertz CT molecular complexity index is 651. The molecule has 0 saturated heterocycles. The summed E-state index contributed by atoms with van der Waals surface area (Å²) in [5, 5.41) is 9.47. The highest BCUT2D eigenvalue weighted by atomic mass is 16.6. The van der Waals surface area contributed by atoms with Crippen LogP contribution in [-0.2, 0) is 19.1 Å². The summed E-state index contributed by atoms with van der Waals surface area (Å²) in [4.78, 5) is 24.4. The number of ether oxygens (including phenoxy) is 2. The Labute approximate surface area is 155 Å². The van der Waals surface area contributed by atoms with Crippen molar-refractivity contribution < 1.29 is 24.2 Å². The van der Waals surface area contributed by atoms with E-state index in [9.17, 15) is 14.7 Å². The first-order valence-corrected chi connectivity index (χ1v) is 9.58. The predicted molar refractivity (Wildman–Crippen MR) is 96.9 cm³/mol. The number of aliphatic hydroxyl groups excluding tert-OH is 1. The van der Waals surface area contributed by atoms with E-state index in [2.05, 4.69) is 20.4 Å². The van der Waals surface area contributed by atoms with Gasteiger partial charge in [0.05, 0.1) is 12.5 Å². The molecule has 2 aliphatic carbocycles. The predicted octanol–water partition coefficient (Wildman–Crippen LogP) is 3.52. The third kappa shape index (κ3) is 3.00. The minimum atomic E-state index is -1.12. The van der Waals surface area contributed by atoms with Crippen LogP contribution in [0.2, 0.25) is 0 Å². The first-order chi connectivity index (χ1) is 12.2. The normalized spacial score (nSPS) is 39.8. The van der Waals surface area contributed by atoms with Crippen molar-refractivity contribution in [2.45, 2.75) is 65.1 Å². The fourth-order valence-corrected chi connectivity index (χ4v) is 5.90. The van der Waals surface area contributed by atoms with E-state index in [-0.39, 0.29) is 23.2 Å². The van der Waals surface area contributed by atoms with Gasteiger partial charge in [-0.15, -0.1) is 0 Å². The smallest absolute Gasteiger partial charge is 0.336 e. The highest BCUT2D eigenvalue weighted by molar-refractivity contribution is 5.90. The molecule has 3 aliphatic rings. The van der Waals surface area contributed by atoms with Crippen molar-refractivity contribution in [2.24, 2.45) is 22.7 Å². The number of methoxy groups -OCH3 is 1. The van der Waals surface area contributed by atoms with E-state index in [4.69, 9.17) is 9.47 Å². The summed E-state index contributed by atoms with van der Waals surface area (Å²) in [6, 6.07) is 0. The van der Waals surface area contributed by atoms with Gasteiger partial charge in [0.2, 0.25) is 6.29 Å². The highest BCUT2D eigenvalue weighted by Crippen LogP contribution is 2.62. The van der Waals surface area contributed by atoms with Crippen LogP contribution in [0.25, 0.3) is 0 Å². The first-order valence-electron chi connectivity index (χ1n) is 9.58. The summed E-state index contributed by atoms with van der Waals surface area (Å²) < 4.78 is 9.95. The molecular formula is C21H30O5. The lowest BCUT2D eigenvalue weighted by Gasteiger charge is -2.57. The lowest BCUT2D eigenvalue weighted by Crippen LogP contribution is -2.53. The Balaban J connectivity index is 1.83. The Hall–Kier alpha value is -1.62. The molecule has 1 N–H and O–H groups in total. The maximum absolute atomic E-state index is 12.6. The van der Waals surface area contributed by atoms with E-state index in [1.165, 1.54) is 18.8 Å². The molecule has 3 rings (SSSR count). The van der Waals surface area contributed by atoms with Gasteiger partial charge < -0.3 is 14.6 Å². The number of hydrogen-bond donors (Lipinski definition) is 1. The number of hydrogen-bond acceptors (Lipinski definition) is 5. The zero-order valence-electron chi connectivity index (χ0n) is 16.0. The van der Waals surface area contributed by atoms with Gasteiger partial charge in [0.15, 0.2) is 0 Å². The summed E-state index contributed by atoms with van der Waals surface area (Å²) >= 11 is 0. The minimum absolute atomic E-state index is 0.0296. The van der Waals surface area contributed by atoms with Crippen LogP contribution < -0.4 is 0 Å². The quantitative estimate of drug-likeness (QED) is 0.612. The number of allylic oxidation sites excluding steroid dienone is 1. The molecule has 144 valence electrons. The van der Waals surface area contributed by atoms with E-state index >= 15 is 0 Å². The van der Waals surface area contributed by atoms with Gasteiger partial charge in [0.1, 0.15) is 0 Å². The third-order valence-corrected chi connectivity index (χ3v) is 7.21. The zero-order valence-corrected chi connectivity index (χ0v) is 16.0. The minimum Gasteiger partial charge on any atom is -0.469 e. The van der Waals surface area contributed by atoms with Crippen molar-refractivity contribution in [3.63, 3.8) is 0 Å². The van der Waals surface area contributed by atoms with Crippen molar-refractivity contribution in [1.82, 2.24) is 0 Å². The van der Waals surface area contributed by atoms with Crippen LogP contribution in [0.1, 0.15) is 58.8 Å². The first kappa shape index (κ1) is 19.2. The molecule has 0 aromatic rings. The van der Waals surface area contributed by atoms with Crippen LogP contribution in [0.4, 0.5) is 0 Å². The van der Waals surface area contributed by atoms with E-state index in [1.807, 2.05) is 0 Å². The van der Waals surface area contributed by atoms with Crippen molar-refractivity contribution in [3.8, 4) is 0 Å². The molecule has 0 unspecified atom stereocenters. The summed E-state index contributed by atoms with van der Waals surface area (Å²) in [5.74, 6) is -0.0349. The second-order valence-electron chi connectivity index (χ2n) is 8.60. The molecule has 5 nitrogen and oxygen atoms in total. The van der Waals surface area contributed by atoms with E-state index < -0.39 is 17.7 Å². The molecule has 26 heavy (non-hydrogen) atoms. The van der Waals surface area contributed by atoms with Crippen LogP contribution in [0.3, 0.4) is 0 Å². The van der Waals surface area contributed by atoms with Gasteiger partial charge >= 0.3 is 11.9 Å². The SMILES string of the molecule is C=C1CC[C@@H]2[C@](C)(CCC[C@]2(C)C(=O)OC)[C@H]1CCC1=C[C@H](O)OC1=O. The summed E-state index contributed by atoms with van der Waals surface area (Å²) in [6.45, 7) is 8.66. The molecule has 0 aromatic carbocycles. The van der Waals surface area contributed by atoms with Crippen LogP contribution in [0, 0.1) is 22.7 Å². The van der Waals surface area contributed by atoms with E-state index in [1.54, 1.807) is 0 Å². The maximum atomic E-state index is 12.6. The highest BCUT2D eigenvalue weighted by Gasteiger charge is 2.57. The van der Waals surface area contributed by atoms with Crippen molar-refractivity contribution in [1.29, 1.82) is 0 Å². The maximum Gasteiger partial charge on any atom is 0.336 e. The van der Waals surface area contributed by atoms with Crippen molar-refractivity contribution >= 4 is 11.9 Å². The largest absolute Gasteiger partial charge is 0.469 e. The number of aliphatic hydroxyl groups is 1. The molecule has 1 aliphatic heterocycles. The summed E-state index contributed by atoms with van der Waals surface area (Å²) in [5.41, 5.74) is 1.27. The van der Waals surface area contributed by atoms with Gasteiger partial charge in [-0.1, -0.05) is 25.5 Å². The van der Waals surface area contributed by atoms with Gasteiger partial charge in [-0.3, -0.25) is 4.79 Å². The molecule has 2 saturated carbocycles. The third-order valence-electron chi connectivity index (χ3n) is 7.21. The molecule has 5 heteroatoms. The Morgan fingerprint density at radius 3 is 2.77 bits per heavy atom. The zero-order chi connectivity index (χ0) is 19.1. The molecule has 0 aromatic heterocycles. The summed E-state index contributed by atoms with van der Waals surface area (Å²) in [6.07, 6.45) is 6.51. The molecule has 2 fully saturated rings. The average molecular weight is 362 g/mol. The monoisotopic (exact) mass is 362 g/mol. The number of carbonyl (C=O) groups is 2. The van der Waals surface area contributed by atoms with Gasteiger partial charge in [-0.05, 0) is 68.8 Å². The molecule has 0 amide bonds. The molecule has 0 spiro atoms. The van der Waals surface area contributed by atoms with Gasteiger partial charge in [0, 0.05) is 5.57 Å². The number of carbonyl (C=O) groups excluding carboxylic acids is 2. The van der Waals surface area contributed by atoms with Gasteiger partial charge in [0.25, 0.3) is 0 Å². The van der Waals surface area contributed by atoms with Crippen LogP contribution in [0.15, 0.2) is 23.8 Å². The van der Waals surface area contributed by atoms with Gasteiger partial charge in [-0.2, -0.15) is 0 Å². The lowest BCUT2D eigenvalue weighted by atomic mass is 9.46. The molecule has 1 heterocycles. The number of rotatable bonds is 4. The second-order valence-corrected chi connectivity index (χ2v) is 8.60. The Morgan fingerprint density at radius 2 is 2.15 bits per heavy atom. The van der Waals surface area contributed by atoms with Crippen LogP contribution >= 0.6 is 0 Å². The molecule has 0 bridgehead atoms. The van der Waals surface area contributed by atoms with Gasteiger partial charge in [-0.25, -0.2) is 4.79 Å². The molecular weight excluding hydrogens is 332 g/mol.